The maximum Gasteiger partial charge on any atom is 0.159 e. The first kappa shape index (κ1) is 25.1. The summed E-state index contributed by atoms with van der Waals surface area (Å²) in [5, 5.41) is 55.3. The van der Waals surface area contributed by atoms with E-state index < -0.39 is 40.3 Å². The molecular weight excluding hydrogens is 420 g/mol. The summed E-state index contributed by atoms with van der Waals surface area (Å²) in [4.78, 5) is 13.2. The van der Waals surface area contributed by atoms with E-state index in [4.69, 9.17) is 0 Å². The van der Waals surface area contributed by atoms with Crippen molar-refractivity contribution in [2.45, 2.75) is 109 Å². The van der Waals surface area contributed by atoms with Crippen molar-refractivity contribution in [1.82, 2.24) is 0 Å². The van der Waals surface area contributed by atoms with Gasteiger partial charge in [-0.3, -0.25) is 4.79 Å². The smallest absolute Gasteiger partial charge is 0.159 e. The van der Waals surface area contributed by atoms with Crippen molar-refractivity contribution in [2.24, 2.45) is 28.6 Å². The van der Waals surface area contributed by atoms with Crippen LogP contribution in [0.2, 0.25) is 0 Å². The van der Waals surface area contributed by atoms with Crippen LogP contribution in [0, 0.1) is 28.6 Å². The van der Waals surface area contributed by atoms with E-state index in [0.29, 0.717) is 32.1 Å². The van der Waals surface area contributed by atoms with Crippen LogP contribution in [-0.2, 0) is 4.79 Å². The fraction of sp³-hybridized carbons (Fsp3) is 0.815. The second kappa shape index (κ2) is 7.99. The van der Waals surface area contributed by atoms with Crippen LogP contribution in [0.25, 0.3) is 0 Å². The summed E-state index contributed by atoms with van der Waals surface area (Å²) in [6.07, 6.45) is 4.16. The molecule has 5 N–H and O–H groups in total. The van der Waals surface area contributed by atoms with Gasteiger partial charge in [-0.2, -0.15) is 0 Å². The summed E-state index contributed by atoms with van der Waals surface area (Å²) in [5.41, 5.74) is -2.00. The number of rotatable bonds is 4. The quantitative estimate of drug-likeness (QED) is 0.410. The highest BCUT2D eigenvalue weighted by molar-refractivity contribution is 5.95. The van der Waals surface area contributed by atoms with E-state index in [1.54, 1.807) is 13.0 Å². The number of carbonyl (C=O) groups excluding carboxylic acids is 1. The second-order valence-electron chi connectivity index (χ2n) is 12.4. The zero-order valence-corrected chi connectivity index (χ0v) is 20.7. The minimum atomic E-state index is -1.38. The maximum absolute atomic E-state index is 13.2. The van der Waals surface area contributed by atoms with Crippen LogP contribution in [0.4, 0.5) is 0 Å². The Balaban J connectivity index is 1.70. The topological polar surface area (TPSA) is 118 Å². The van der Waals surface area contributed by atoms with Crippen molar-refractivity contribution in [2.75, 3.05) is 0 Å². The SMILES string of the molecule is CC(C)=CC[C@@H](O)[C@@](C)(O)[C@H]1CC[C@@]2(O)C3=CC(=O)[C@@H]4C[C@@H](O)[C@@H](O)C[C@]4(C)[C@H]3CC[C@]12C. The number of hydrogen-bond acceptors (Lipinski definition) is 6. The van der Waals surface area contributed by atoms with E-state index in [-0.39, 0.29) is 30.0 Å². The molecule has 6 nitrogen and oxygen atoms in total. The normalized spacial score (nSPS) is 47.5. The lowest BCUT2D eigenvalue weighted by atomic mass is 9.45. The van der Waals surface area contributed by atoms with Gasteiger partial charge in [0.1, 0.15) is 0 Å². The molecule has 0 aromatic heterocycles. The third-order valence-electron chi connectivity index (χ3n) is 10.2. The van der Waals surface area contributed by atoms with Crippen LogP contribution >= 0.6 is 0 Å². The Bertz CT molecular complexity index is 872. The van der Waals surface area contributed by atoms with Gasteiger partial charge in [0, 0.05) is 11.3 Å². The van der Waals surface area contributed by atoms with Gasteiger partial charge in [0.15, 0.2) is 5.78 Å². The average molecular weight is 463 g/mol. The van der Waals surface area contributed by atoms with Crippen LogP contribution in [0.5, 0.6) is 0 Å². The van der Waals surface area contributed by atoms with Gasteiger partial charge in [-0.15, -0.1) is 0 Å². The van der Waals surface area contributed by atoms with Crippen molar-refractivity contribution in [3.8, 4) is 0 Å². The molecule has 33 heavy (non-hydrogen) atoms. The molecule has 0 heterocycles. The summed E-state index contributed by atoms with van der Waals surface area (Å²) < 4.78 is 0. The summed E-state index contributed by atoms with van der Waals surface area (Å²) in [5.74, 6) is -0.813. The van der Waals surface area contributed by atoms with E-state index in [2.05, 4.69) is 0 Å². The molecule has 0 bridgehead atoms. The lowest BCUT2D eigenvalue weighted by molar-refractivity contribution is -0.174. The Morgan fingerprint density at radius 3 is 2.48 bits per heavy atom. The van der Waals surface area contributed by atoms with Gasteiger partial charge in [0.25, 0.3) is 0 Å². The Hall–Kier alpha value is -1.05. The summed E-state index contributed by atoms with van der Waals surface area (Å²) in [7, 11) is 0. The molecule has 3 saturated carbocycles. The Labute approximate surface area is 197 Å². The molecule has 0 aliphatic heterocycles. The number of allylic oxidation sites excluding steroid dienone is 2. The maximum atomic E-state index is 13.2. The number of aliphatic hydroxyl groups is 5. The minimum Gasteiger partial charge on any atom is -0.390 e. The number of fused-ring (bicyclic) bond motifs is 5. The number of hydrogen-bond donors (Lipinski definition) is 5. The van der Waals surface area contributed by atoms with Gasteiger partial charge in [0.05, 0.1) is 29.5 Å². The monoisotopic (exact) mass is 462 g/mol. The highest BCUT2D eigenvalue weighted by Gasteiger charge is 2.69. The van der Waals surface area contributed by atoms with Crippen molar-refractivity contribution < 1.29 is 30.3 Å². The minimum absolute atomic E-state index is 0.0558. The van der Waals surface area contributed by atoms with Gasteiger partial charge < -0.3 is 25.5 Å². The third-order valence-corrected chi connectivity index (χ3v) is 10.2. The standard InChI is InChI=1S/C27H42O6/c1-15(2)6-7-23(31)26(5,32)22-9-11-27(33)17-12-19(28)18-13-20(29)21(30)14-24(18,3)16(17)8-10-25(22,27)4/h6,12,16,18,20-23,29-33H,7-11,13-14H2,1-5H3/t16-,18-,20+,21-,22-,23+,24+,25+,26-,27+/m0/s1. The Morgan fingerprint density at radius 2 is 1.85 bits per heavy atom. The van der Waals surface area contributed by atoms with Crippen molar-refractivity contribution in [3.05, 3.63) is 23.3 Å². The number of ketones is 1. The van der Waals surface area contributed by atoms with Gasteiger partial charge in [-0.1, -0.05) is 25.5 Å². The molecule has 0 aromatic carbocycles. The first-order valence-electron chi connectivity index (χ1n) is 12.6. The van der Waals surface area contributed by atoms with E-state index >= 15 is 0 Å². The molecule has 10 atom stereocenters. The fourth-order valence-electron chi connectivity index (χ4n) is 8.13. The highest BCUT2D eigenvalue weighted by Crippen LogP contribution is 2.68. The molecule has 0 spiro atoms. The van der Waals surface area contributed by atoms with Gasteiger partial charge >= 0.3 is 0 Å². The number of carbonyl (C=O) groups is 1. The van der Waals surface area contributed by atoms with Crippen molar-refractivity contribution >= 4 is 5.78 Å². The molecular formula is C27H42O6. The molecule has 186 valence electrons. The zero-order valence-electron chi connectivity index (χ0n) is 20.7. The second-order valence-corrected chi connectivity index (χ2v) is 12.4. The third kappa shape index (κ3) is 3.51. The molecule has 4 aliphatic rings. The highest BCUT2D eigenvalue weighted by atomic mass is 16.3. The van der Waals surface area contributed by atoms with Crippen LogP contribution in [-0.4, -0.2) is 60.8 Å². The van der Waals surface area contributed by atoms with E-state index in [9.17, 15) is 30.3 Å². The van der Waals surface area contributed by atoms with Crippen molar-refractivity contribution in [3.63, 3.8) is 0 Å². The molecule has 0 unspecified atom stereocenters. The van der Waals surface area contributed by atoms with E-state index in [1.807, 2.05) is 33.8 Å². The molecule has 4 aliphatic carbocycles. The van der Waals surface area contributed by atoms with Crippen LogP contribution in [0.1, 0.15) is 79.6 Å². The van der Waals surface area contributed by atoms with Crippen LogP contribution in [0.3, 0.4) is 0 Å². The summed E-state index contributed by atoms with van der Waals surface area (Å²) in [6, 6.07) is 0. The van der Waals surface area contributed by atoms with Gasteiger partial charge in [-0.25, -0.2) is 0 Å². The predicted octanol–water partition coefficient (Wildman–Crippen LogP) is 2.66. The zero-order chi connectivity index (χ0) is 24.6. The van der Waals surface area contributed by atoms with E-state index in [0.717, 1.165) is 17.6 Å². The molecule has 3 fully saturated rings. The lowest BCUT2D eigenvalue weighted by Gasteiger charge is -2.60. The lowest BCUT2D eigenvalue weighted by Crippen LogP contribution is -2.62. The van der Waals surface area contributed by atoms with Gasteiger partial charge in [-0.05, 0) is 94.6 Å². The largest absolute Gasteiger partial charge is 0.390 e. The Morgan fingerprint density at radius 1 is 1.18 bits per heavy atom. The molecule has 6 heteroatoms. The molecule has 0 radical (unpaired) electrons. The predicted molar refractivity (Wildman–Crippen MR) is 125 cm³/mol. The molecule has 0 amide bonds. The molecule has 0 aromatic rings. The Kier molecular flexibility index (Phi) is 6.07. The summed E-state index contributed by atoms with van der Waals surface area (Å²) in [6.45, 7) is 9.63. The first-order valence-corrected chi connectivity index (χ1v) is 12.6. The molecule has 0 saturated heterocycles. The van der Waals surface area contributed by atoms with Crippen molar-refractivity contribution in [1.29, 1.82) is 0 Å². The van der Waals surface area contributed by atoms with Crippen LogP contribution in [0.15, 0.2) is 23.3 Å². The summed E-state index contributed by atoms with van der Waals surface area (Å²) >= 11 is 0. The van der Waals surface area contributed by atoms with Gasteiger partial charge in [0.2, 0.25) is 0 Å². The fourth-order valence-corrected chi connectivity index (χ4v) is 8.13. The van der Waals surface area contributed by atoms with E-state index in [1.165, 1.54) is 0 Å². The first-order chi connectivity index (χ1) is 15.2. The van der Waals surface area contributed by atoms with Crippen LogP contribution < -0.4 is 0 Å². The number of aliphatic hydroxyl groups excluding tert-OH is 3. The average Bonchev–Trinajstić information content (AvgIpc) is 3.00. The molecule has 4 rings (SSSR count).